The SMILES string of the molecule is CCNC(=NCC(=O)N1CCCC1)NCCCOc1ccc(Cl)cc1C. The molecule has 1 heterocycles. The largest absolute Gasteiger partial charge is 0.493 e. The highest BCUT2D eigenvalue weighted by atomic mass is 35.5. The lowest BCUT2D eigenvalue weighted by Crippen LogP contribution is -2.39. The Balaban J connectivity index is 1.70. The number of carbonyl (C=O) groups excluding carboxylic acids is 1. The molecule has 1 aliphatic rings. The fourth-order valence-corrected chi connectivity index (χ4v) is 3.02. The zero-order valence-electron chi connectivity index (χ0n) is 15.7. The predicted octanol–water partition coefficient (Wildman–Crippen LogP) is 2.59. The number of likely N-dealkylation sites (tertiary alicyclic amines) is 1. The molecule has 2 rings (SSSR count). The van der Waals surface area contributed by atoms with Crippen molar-refractivity contribution >= 4 is 23.5 Å². The lowest BCUT2D eigenvalue weighted by Gasteiger charge is -2.15. The van der Waals surface area contributed by atoms with Crippen LogP contribution in [0.1, 0.15) is 31.7 Å². The summed E-state index contributed by atoms with van der Waals surface area (Å²) in [7, 11) is 0. The van der Waals surface area contributed by atoms with E-state index in [4.69, 9.17) is 16.3 Å². The van der Waals surface area contributed by atoms with E-state index < -0.39 is 0 Å². The molecule has 1 fully saturated rings. The molecule has 0 radical (unpaired) electrons. The summed E-state index contributed by atoms with van der Waals surface area (Å²) in [5.74, 6) is 1.62. The Bertz CT molecular complexity index is 616. The van der Waals surface area contributed by atoms with Crippen LogP contribution in [-0.2, 0) is 4.79 Å². The Kier molecular flexibility index (Phi) is 8.54. The number of guanidine groups is 1. The molecule has 1 aromatic rings. The molecule has 144 valence electrons. The molecule has 0 atom stereocenters. The molecule has 7 heteroatoms. The standard InChI is InChI=1S/C19H29ClN4O2/c1-3-21-19(23-14-18(25)24-10-4-5-11-24)22-9-6-12-26-17-8-7-16(20)13-15(17)2/h7-8,13H,3-6,9-12,14H2,1-2H3,(H2,21,22,23). The van der Waals surface area contributed by atoms with Crippen molar-refractivity contribution in [2.75, 3.05) is 39.3 Å². The molecule has 0 bridgehead atoms. The molecule has 2 N–H and O–H groups in total. The van der Waals surface area contributed by atoms with Crippen molar-refractivity contribution in [3.8, 4) is 5.75 Å². The molecule has 0 unspecified atom stereocenters. The molecular weight excluding hydrogens is 352 g/mol. The van der Waals surface area contributed by atoms with Crippen LogP contribution in [0.4, 0.5) is 0 Å². The van der Waals surface area contributed by atoms with E-state index in [-0.39, 0.29) is 12.5 Å². The average Bonchev–Trinajstić information content (AvgIpc) is 3.15. The molecule has 0 aliphatic carbocycles. The van der Waals surface area contributed by atoms with Gasteiger partial charge in [-0.15, -0.1) is 0 Å². The van der Waals surface area contributed by atoms with E-state index in [0.717, 1.165) is 56.8 Å². The highest BCUT2D eigenvalue weighted by Gasteiger charge is 2.17. The van der Waals surface area contributed by atoms with Crippen LogP contribution in [0.2, 0.25) is 5.02 Å². The number of nitrogens with zero attached hydrogens (tertiary/aromatic N) is 2. The van der Waals surface area contributed by atoms with Crippen LogP contribution in [0.15, 0.2) is 23.2 Å². The van der Waals surface area contributed by atoms with Gasteiger partial charge in [-0.2, -0.15) is 0 Å². The highest BCUT2D eigenvalue weighted by molar-refractivity contribution is 6.30. The fraction of sp³-hybridized carbons (Fsp3) is 0.579. The Morgan fingerprint density at radius 2 is 2.08 bits per heavy atom. The number of nitrogens with one attached hydrogen (secondary N) is 2. The molecule has 0 spiro atoms. The molecule has 0 saturated carbocycles. The molecule has 6 nitrogen and oxygen atoms in total. The maximum Gasteiger partial charge on any atom is 0.244 e. The van der Waals surface area contributed by atoms with E-state index >= 15 is 0 Å². The minimum absolute atomic E-state index is 0.0984. The van der Waals surface area contributed by atoms with E-state index in [2.05, 4.69) is 15.6 Å². The predicted molar refractivity (Wildman–Crippen MR) is 106 cm³/mol. The van der Waals surface area contributed by atoms with Gasteiger partial charge in [0.25, 0.3) is 0 Å². The van der Waals surface area contributed by atoms with Crippen molar-refractivity contribution < 1.29 is 9.53 Å². The number of ether oxygens (including phenoxy) is 1. The van der Waals surface area contributed by atoms with E-state index in [9.17, 15) is 4.79 Å². The topological polar surface area (TPSA) is 66.0 Å². The maximum absolute atomic E-state index is 12.1. The maximum atomic E-state index is 12.1. The Hall–Kier alpha value is -1.95. The lowest BCUT2D eigenvalue weighted by molar-refractivity contribution is -0.128. The molecular formula is C19H29ClN4O2. The van der Waals surface area contributed by atoms with Crippen molar-refractivity contribution in [1.29, 1.82) is 0 Å². The number of carbonyl (C=O) groups is 1. The van der Waals surface area contributed by atoms with Crippen molar-refractivity contribution in [3.05, 3.63) is 28.8 Å². The molecule has 1 amide bonds. The van der Waals surface area contributed by atoms with Gasteiger partial charge in [0.1, 0.15) is 12.3 Å². The molecule has 1 aliphatic heterocycles. The van der Waals surface area contributed by atoms with E-state index in [1.807, 2.05) is 36.9 Å². The summed E-state index contributed by atoms with van der Waals surface area (Å²) >= 11 is 5.95. The highest BCUT2D eigenvalue weighted by Crippen LogP contribution is 2.21. The summed E-state index contributed by atoms with van der Waals surface area (Å²) in [6.45, 7) is 7.97. The van der Waals surface area contributed by atoms with Gasteiger partial charge < -0.3 is 20.3 Å². The number of hydrogen-bond donors (Lipinski definition) is 2. The number of halogens is 1. The second-order valence-electron chi connectivity index (χ2n) is 6.32. The number of rotatable bonds is 8. The van der Waals surface area contributed by atoms with Gasteiger partial charge in [-0.25, -0.2) is 4.99 Å². The third-order valence-electron chi connectivity index (χ3n) is 4.18. The monoisotopic (exact) mass is 380 g/mol. The van der Waals surface area contributed by atoms with Gasteiger partial charge in [-0.05, 0) is 56.9 Å². The smallest absolute Gasteiger partial charge is 0.244 e. The Morgan fingerprint density at radius 1 is 1.31 bits per heavy atom. The number of aliphatic imine (C=N–C) groups is 1. The lowest BCUT2D eigenvalue weighted by atomic mass is 10.2. The average molecular weight is 381 g/mol. The van der Waals surface area contributed by atoms with Crippen molar-refractivity contribution in [2.24, 2.45) is 4.99 Å². The second-order valence-corrected chi connectivity index (χ2v) is 6.76. The summed E-state index contributed by atoms with van der Waals surface area (Å²) in [6.07, 6.45) is 3.02. The first-order valence-corrected chi connectivity index (χ1v) is 9.67. The van der Waals surface area contributed by atoms with Crippen LogP contribution in [0.5, 0.6) is 5.75 Å². The number of hydrogen-bond acceptors (Lipinski definition) is 3. The van der Waals surface area contributed by atoms with E-state index in [1.165, 1.54) is 0 Å². The quantitative estimate of drug-likeness (QED) is 0.413. The minimum atomic E-state index is 0.0984. The first-order chi connectivity index (χ1) is 12.6. The van der Waals surface area contributed by atoms with Crippen LogP contribution in [0, 0.1) is 6.92 Å². The zero-order valence-corrected chi connectivity index (χ0v) is 16.4. The van der Waals surface area contributed by atoms with Gasteiger partial charge in [0.05, 0.1) is 6.61 Å². The van der Waals surface area contributed by atoms with Gasteiger partial charge >= 0.3 is 0 Å². The third-order valence-corrected chi connectivity index (χ3v) is 4.42. The van der Waals surface area contributed by atoms with Crippen LogP contribution >= 0.6 is 11.6 Å². The summed E-state index contributed by atoms with van der Waals surface area (Å²) in [4.78, 5) is 18.3. The molecule has 1 saturated heterocycles. The molecule has 0 aromatic heterocycles. The summed E-state index contributed by atoms with van der Waals surface area (Å²) in [5.41, 5.74) is 1.03. The van der Waals surface area contributed by atoms with Gasteiger partial charge in [-0.1, -0.05) is 11.6 Å². The first-order valence-electron chi connectivity index (χ1n) is 9.29. The summed E-state index contributed by atoms with van der Waals surface area (Å²) in [6, 6.07) is 5.61. The third kappa shape index (κ3) is 6.75. The number of aryl methyl sites for hydroxylation is 1. The Labute approximate surface area is 161 Å². The van der Waals surface area contributed by atoms with Gasteiger partial charge in [0.2, 0.25) is 5.91 Å². The fourth-order valence-electron chi connectivity index (χ4n) is 2.79. The molecule has 1 aromatic carbocycles. The summed E-state index contributed by atoms with van der Waals surface area (Å²) in [5, 5.41) is 7.12. The normalized spacial score (nSPS) is 14.4. The van der Waals surface area contributed by atoms with Gasteiger partial charge in [-0.3, -0.25) is 4.79 Å². The first kappa shape index (κ1) is 20.4. The number of amides is 1. The van der Waals surface area contributed by atoms with Crippen molar-refractivity contribution in [2.45, 2.75) is 33.1 Å². The van der Waals surface area contributed by atoms with Crippen LogP contribution < -0.4 is 15.4 Å². The van der Waals surface area contributed by atoms with Crippen LogP contribution in [0.3, 0.4) is 0 Å². The van der Waals surface area contributed by atoms with Crippen LogP contribution in [0.25, 0.3) is 0 Å². The zero-order chi connectivity index (χ0) is 18.8. The van der Waals surface area contributed by atoms with Gasteiger partial charge in [0, 0.05) is 31.2 Å². The van der Waals surface area contributed by atoms with Crippen molar-refractivity contribution in [1.82, 2.24) is 15.5 Å². The van der Waals surface area contributed by atoms with Gasteiger partial charge in [0.15, 0.2) is 5.96 Å². The summed E-state index contributed by atoms with van der Waals surface area (Å²) < 4.78 is 5.78. The molecule has 26 heavy (non-hydrogen) atoms. The number of benzene rings is 1. The van der Waals surface area contributed by atoms with E-state index in [0.29, 0.717) is 17.6 Å². The van der Waals surface area contributed by atoms with Crippen LogP contribution in [-0.4, -0.2) is 56.1 Å². The minimum Gasteiger partial charge on any atom is -0.493 e. The van der Waals surface area contributed by atoms with Crippen molar-refractivity contribution in [3.63, 3.8) is 0 Å². The van der Waals surface area contributed by atoms with E-state index in [1.54, 1.807) is 0 Å². The Morgan fingerprint density at radius 3 is 2.77 bits per heavy atom. The second kappa shape index (κ2) is 10.9.